The van der Waals surface area contributed by atoms with Crippen LogP contribution >= 0.6 is 11.3 Å². The molecular weight excluding hydrogens is 238 g/mol. The molecule has 0 fully saturated rings. The van der Waals surface area contributed by atoms with Crippen LogP contribution in [0, 0.1) is 0 Å². The zero-order chi connectivity index (χ0) is 13.1. The van der Waals surface area contributed by atoms with E-state index >= 15 is 0 Å². The Labute approximate surface area is 105 Å². The molecule has 94 valence electrons. The zero-order valence-corrected chi connectivity index (χ0v) is 11.0. The summed E-state index contributed by atoms with van der Waals surface area (Å²) in [5.74, 6) is -1.06. The Morgan fingerprint density at radius 2 is 2.18 bits per heavy atom. The summed E-state index contributed by atoms with van der Waals surface area (Å²) in [5.41, 5.74) is -0.624. The summed E-state index contributed by atoms with van der Waals surface area (Å²) < 4.78 is 0. The maximum absolute atomic E-state index is 12.1. The number of carboxylic acids is 1. The van der Waals surface area contributed by atoms with Crippen molar-refractivity contribution in [2.45, 2.75) is 38.6 Å². The van der Waals surface area contributed by atoms with Gasteiger partial charge in [0.2, 0.25) is 5.91 Å². The number of hydrogen-bond donors (Lipinski definition) is 2. The van der Waals surface area contributed by atoms with E-state index in [0.717, 1.165) is 4.88 Å². The van der Waals surface area contributed by atoms with Gasteiger partial charge in [-0.3, -0.25) is 9.59 Å². The van der Waals surface area contributed by atoms with Crippen molar-refractivity contribution in [1.82, 2.24) is 5.32 Å². The normalized spacial score (nSPS) is 13.1. The second-order valence-corrected chi connectivity index (χ2v) is 5.52. The van der Waals surface area contributed by atoms with E-state index in [4.69, 9.17) is 5.11 Å². The van der Waals surface area contributed by atoms with Crippen molar-refractivity contribution in [1.29, 1.82) is 0 Å². The minimum absolute atomic E-state index is 0.0632. The monoisotopic (exact) mass is 255 g/mol. The predicted molar refractivity (Wildman–Crippen MR) is 67.2 cm³/mol. The highest BCUT2D eigenvalue weighted by Crippen LogP contribution is 2.27. The fourth-order valence-electron chi connectivity index (χ4n) is 1.46. The van der Waals surface area contributed by atoms with Gasteiger partial charge in [0.15, 0.2) is 0 Å². The highest BCUT2D eigenvalue weighted by atomic mass is 32.1. The van der Waals surface area contributed by atoms with Crippen LogP contribution in [0.15, 0.2) is 17.5 Å². The number of carbonyl (C=O) groups excluding carboxylic acids is 1. The molecule has 1 atom stereocenters. The number of rotatable bonds is 5. The molecule has 1 rings (SSSR count). The number of amides is 1. The topological polar surface area (TPSA) is 66.4 Å². The fraction of sp³-hybridized carbons (Fsp3) is 0.500. The summed E-state index contributed by atoms with van der Waals surface area (Å²) in [6, 6.07) is 3.45. The summed E-state index contributed by atoms with van der Waals surface area (Å²) in [6.07, 6.45) is -0.0632. The Balaban J connectivity index is 2.67. The molecule has 4 nitrogen and oxygen atoms in total. The molecule has 17 heavy (non-hydrogen) atoms. The third-order valence-electron chi connectivity index (χ3n) is 2.56. The SMILES string of the molecule is CC(CC(=O)O)NC(=O)C(C)(C)c1cccs1. The van der Waals surface area contributed by atoms with Gasteiger partial charge in [-0.25, -0.2) is 0 Å². The lowest BCUT2D eigenvalue weighted by molar-refractivity contribution is -0.137. The van der Waals surface area contributed by atoms with Crippen LogP contribution in [0.3, 0.4) is 0 Å². The van der Waals surface area contributed by atoms with E-state index < -0.39 is 11.4 Å². The van der Waals surface area contributed by atoms with E-state index in [0.29, 0.717) is 0 Å². The lowest BCUT2D eigenvalue weighted by atomic mass is 9.90. The number of aliphatic carboxylic acids is 1. The quantitative estimate of drug-likeness (QED) is 0.845. The van der Waals surface area contributed by atoms with Crippen LogP contribution in [0.2, 0.25) is 0 Å². The van der Waals surface area contributed by atoms with E-state index in [1.807, 2.05) is 31.4 Å². The minimum Gasteiger partial charge on any atom is -0.481 e. The van der Waals surface area contributed by atoms with Gasteiger partial charge in [-0.15, -0.1) is 11.3 Å². The molecule has 1 heterocycles. The van der Waals surface area contributed by atoms with Crippen molar-refractivity contribution < 1.29 is 14.7 Å². The summed E-state index contributed by atoms with van der Waals surface area (Å²) in [7, 11) is 0. The maximum Gasteiger partial charge on any atom is 0.305 e. The van der Waals surface area contributed by atoms with Crippen LogP contribution in [0.1, 0.15) is 32.1 Å². The van der Waals surface area contributed by atoms with Crippen LogP contribution in [0.5, 0.6) is 0 Å². The Hall–Kier alpha value is -1.36. The molecule has 1 amide bonds. The van der Waals surface area contributed by atoms with E-state index in [-0.39, 0.29) is 18.4 Å². The van der Waals surface area contributed by atoms with Crippen molar-refractivity contribution in [3.05, 3.63) is 22.4 Å². The average Bonchev–Trinajstić information content (AvgIpc) is 2.68. The number of carbonyl (C=O) groups is 2. The summed E-state index contributed by atoms with van der Waals surface area (Å²) in [5, 5.41) is 13.3. The first kappa shape index (κ1) is 13.7. The van der Waals surface area contributed by atoms with Crippen molar-refractivity contribution in [3.63, 3.8) is 0 Å². The number of hydrogen-bond acceptors (Lipinski definition) is 3. The molecule has 0 saturated heterocycles. The summed E-state index contributed by atoms with van der Waals surface area (Å²) >= 11 is 1.52. The maximum atomic E-state index is 12.1. The molecule has 0 radical (unpaired) electrons. The van der Waals surface area contributed by atoms with Crippen LogP contribution in [-0.4, -0.2) is 23.0 Å². The Morgan fingerprint density at radius 3 is 2.65 bits per heavy atom. The van der Waals surface area contributed by atoms with Gasteiger partial charge in [0.25, 0.3) is 0 Å². The van der Waals surface area contributed by atoms with Gasteiger partial charge in [0, 0.05) is 10.9 Å². The van der Waals surface area contributed by atoms with Gasteiger partial charge in [-0.05, 0) is 32.2 Å². The third kappa shape index (κ3) is 3.56. The minimum atomic E-state index is -0.910. The number of carboxylic acid groups (broad SMARTS) is 1. The fourth-order valence-corrected chi connectivity index (χ4v) is 2.31. The van der Waals surface area contributed by atoms with Crippen molar-refractivity contribution in [2.75, 3.05) is 0 Å². The first-order valence-electron chi connectivity index (χ1n) is 5.40. The third-order valence-corrected chi connectivity index (χ3v) is 3.76. The Morgan fingerprint density at radius 1 is 1.53 bits per heavy atom. The Kier molecular flexibility index (Phi) is 4.28. The highest BCUT2D eigenvalue weighted by molar-refractivity contribution is 7.10. The molecule has 0 aliphatic rings. The molecule has 0 saturated carbocycles. The average molecular weight is 255 g/mol. The molecule has 2 N–H and O–H groups in total. The molecule has 1 aromatic heterocycles. The predicted octanol–water partition coefficient (Wildman–Crippen LogP) is 2.01. The number of nitrogens with one attached hydrogen (secondary N) is 1. The van der Waals surface area contributed by atoms with E-state index in [1.54, 1.807) is 6.92 Å². The summed E-state index contributed by atoms with van der Waals surface area (Å²) in [6.45, 7) is 5.36. The largest absolute Gasteiger partial charge is 0.481 e. The lowest BCUT2D eigenvalue weighted by Gasteiger charge is -2.24. The van der Waals surface area contributed by atoms with Gasteiger partial charge in [-0.1, -0.05) is 6.07 Å². The van der Waals surface area contributed by atoms with Gasteiger partial charge in [-0.2, -0.15) is 0 Å². The molecule has 0 aliphatic heterocycles. The van der Waals surface area contributed by atoms with E-state index in [2.05, 4.69) is 5.32 Å². The second-order valence-electron chi connectivity index (χ2n) is 4.57. The molecule has 0 aromatic carbocycles. The lowest BCUT2D eigenvalue weighted by Crippen LogP contribution is -2.44. The standard InChI is InChI=1S/C12H17NO3S/c1-8(7-10(14)15)13-11(16)12(2,3)9-5-4-6-17-9/h4-6,8H,7H2,1-3H3,(H,13,16)(H,14,15). The zero-order valence-electron chi connectivity index (χ0n) is 10.2. The summed E-state index contributed by atoms with van der Waals surface area (Å²) in [4.78, 5) is 23.5. The first-order valence-corrected chi connectivity index (χ1v) is 6.28. The van der Waals surface area contributed by atoms with Crippen LogP contribution in [0.25, 0.3) is 0 Å². The van der Waals surface area contributed by atoms with Gasteiger partial charge < -0.3 is 10.4 Å². The second kappa shape index (κ2) is 5.31. The van der Waals surface area contributed by atoms with Crippen molar-refractivity contribution in [3.8, 4) is 0 Å². The highest BCUT2D eigenvalue weighted by Gasteiger charge is 2.31. The Bertz CT molecular complexity index is 398. The van der Waals surface area contributed by atoms with Crippen molar-refractivity contribution in [2.24, 2.45) is 0 Å². The first-order chi connectivity index (χ1) is 7.84. The molecule has 5 heteroatoms. The number of thiophene rings is 1. The smallest absolute Gasteiger partial charge is 0.305 e. The van der Waals surface area contributed by atoms with Crippen LogP contribution in [0.4, 0.5) is 0 Å². The molecule has 0 bridgehead atoms. The van der Waals surface area contributed by atoms with Gasteiger partial charge in [0.1, 0.15) is 0 Å². The van der Waals surface area contributed by atoms with E-state index in [1.165, 1.54) is 11.3 Å². The molecule has 0 aliphatic carbocycles. The molecule has 1 unspecified atom stereocenters. The van der Waals surface area contributed by atoms with E-state index in [9.17, 15) is 9.59 Å². The molecular formula is C12H17NO3S. The van der Waals surface area contributed by atoms with Crippen molar-refractivity contribution >= 4 is 23.2 Å². The molecule has 1 aromatic rings. The van der Waals surface area contributed by atoms with Gasteiger partial charge in [0.05, 0.1) is 11.8 Å². The van der Waals surface area contributed by atoms with Crippen LogP contribution < -0.4 is 5.32 Å². The molecule has 0 spiro atoms. The van der Waals surface area contributed by atoms with Crippen LogP contribution in [-0.2, 0) is 15.0 Å². The van der Waals surface area contributed by atoms with Gasteiger partial charge >= 0.3 is 5.97 Å².